The van der Waals surface area contributed by atoms with Crippen molar-refractivity contribution < 1.29 is 14.4 Å². The number of rotatable bonds is 4. The van der Waals surface area contributed by atoms with Gasteiger partial charge in [0.25, 0.3) is 11.8 Å². The Morgan fingerprint density at radius 3 is 2.71 bits per heavy atom. The summed E-state index contributed by atoms with van der Waals surface area (Å²) in [5.41, 5.74) is 6.11. The largest absolute Gasteiger partial charge is 0.378 e. The van der Waals surface area contributed by atoms with Crippen molar-refractivity contribution in [3.63, 3.8) is 0 Å². The molecule has 0 spiro atoms. The van der Waals surface area contributed by atoms with Gasteiger partial charge >= 0.3 is 0 Å². The molecule has 1 heterocycles. The molecule has 0 radical (unpaired) electrons. The van der Waals surface area contributed by atoms with Crippen LogP contribution in [0, 0.1) is 0 Å². The van der Waals surface area contributed by atoms with E-state index in [1.54, 1.807) is 23.1 Å². The Kier molecular flexibility index (Phi) is 6.17. The van der Waals surface area contributed by atoms with Crippen LogP contribution in [-0.2, 0) is 9.59 Å². The van der Waals surface area contributed by atoms with Gasteiger partial charge in [-0.05, 0) is 31.0 Å². The van der Waals surface area contributed by atoms with Gasteiger partial charge in [-0.3, -0.25) is 25.2 Å². The zero-order valence-corrected chi connectivity index (χ0v) is 14.2. The molecule has 7 heteroatoms. The summed E-state index contributed by atoms with van der Waals surface area (Å²) in [5, 5.41) is 0. The number of benzene rings is 1. The normalized spacial score (nSPS) is 14.8. The summed E-state index contributed by atoms with van der Waals surface area (Å²) in [6.45, 7) is 0.557. The number of anilines is 1. The van der Waals surface area contributed by atoms with E-state index >= 15 is 0 Å². The highest BCUT2D eigenvalue weighted by atomic mass is 16.2. The van der Waals surface area contributed by atoms with Crippen molar-refractivity contribution in [3.8, 4) is 0 Å². The van der Waals surface area contributed by atoms with E-state index in [0.717, 1.165) is 24.9 Å². The number of carbonyl (C=O) groups is 3. The van der Waals surface area contributed by atoms with E-state index in [-0.39, 0.29) is 12.5 Å². The van der Waals surface area contributed by atoms with E-state index in [1.165, 1.54) is 0 Å². The number of amides is 3. The third-order valence-corrected chi connectivity index (χ3v) is 3.95. The standard InChI is InChI=1S/C17H24N4O3/c1-20(2)14-8-6-7-13(11-14)17(24)19-18-15(22)12-21-10-5-3-4-9-16(21)23/h6-8,11H,3-5,9-10,12H2,1-2H3,(H,18,22)(H,19,24). The minimum atomic E-state index is -0.401. The summed E-state index contributed by atoms with van der Waals surface area (Å²) in [5.74, 6) is -0.802. The van der Waals surface area contributed by atoms with Crippen LogP contribution in [0.3, 0.4) is 0 Å². The number of hydrogen-bond donors (Lipinski definition) is 2. The van der Waals surface area contributed by atoms with Gasteiger partial charge in [-0.15, -0.1) is 0 Å². The van der Waals surface area contributed by atoms with Crippen molar-refractivity contribution in [1.82, 2.24) is 15.8 Å². The average molecular weight is 332 g/mol. The highest BCUT2D eigenvalue weighted by Gasteiger charge is 2.19. The molecule has 0 saturated carbocycles. The highest BCUT2D eigenvalue weighted by Crippen LogP contribution is 2.13. The maximum absolute atomic E-state index is 12.1. The zero-order valence-electron chi connectivity index (χ0n) is 14.2. The summed E-state index contributed by atoms with van der Waals surface area (Å²) in [6, 6.07) is 7.08. The molecule has 1 aromatic carbocycles. The monoisotopic (exact) mass is 332 g/mol. The molecule has 1 saturated heterocycles. The van der Waals surface area contributed by atoms with Gasteiger partial charge in [-0.25, -0.2) is 0 Å². The van der Waals surface area contributed by atoms with Gasteiger partial charge in [0.15, 0.2) is 0 Å². The van der Waals surface area contributed by atoms with Crippen LogP contribution in [0.4, 0.5) is 5.69 Å². The molecule has 3 amide bonds. The van der Waals surface area contributed by atoms with Crippen LogP contribution in [0.2, 0.25) is 0 Å². The van der Waals surface area contributed by atoms with Crippen LogP contribution in [-0.4, -0.2) is 49.8 Å². The third-order valence-electron chi connectivity index (χ3n) is 3.95. The first kappa shape index (κ1) is 17.8. The summed E-state index contributed by atoms with van der Waals surface area (Å²) in [4.78, 5) is 39.4. The molecular formula is C17H24N4O3. The average Bonchev–Trinajstić information content (AvgIpc) is 2.77. The van der Waals surface area contributed by atoms with Crippen LogP contribution in [0.15, 0.2) is 24.3 Å². The van der Waals surface area contributed by atoms with E-state index in [0.29, 0.717) is 18.5 Å². The zero-order chi connectivity index (χ0) is 17.5. The van der Waals surface area contributed by atoms with Crippen LogP contribution in [0.25, 0.3) is 0 Å². The molecule has 24 heavy (non-hydrogen) atoms. The van der Waals surface area contributed by atoms with Crippen LogP contribution in [0.1, 0.15) is 36.0 Å². The number of carbonyl (C=O) groups excluding carboxylic acids is 3. The Morgan fingerprint density at radius 1 is 1.17 bits per heavy atom. The Balaban J connectivity index is 1.85. The lowest BCUT2D eigenvalue weighted by Gasteiger charge is -2.20. The van der Waals surface area contributed by atoms with Gasteiger partial charge < -0.3 is 9.80 Å². The van der Waals surface area contributed by atoms with Gasteiger partial charge in [0.2, 0.25) is 5.91 Å². The van der Waals surface area contributed by atoms with Crippen molar-refractivity contribution in [2.45, 2.75) is 25.7 Å². The van der Waals surface area contributed by atoms with Crippen LogP contribution in [0.5, 0.6) is 0 Å². The van der Waals surface area contributed by atoms with E-state index in [2.05, 4.69) is 10.9 Å². The number of likely N-dealkylation sites (tertiary alicyclic amines) is 1. The van der Waals surface area contributed by atoms with Gasteiger partial charge in [0.1, 0.15) is 6.54 Å². The van der Waals surface area contributed by atoms with Gasteiger partial charge in [-0.2, -0.15) is 0 Å². The Morgan fingerprint density at radius 2 is 1.96 bits per heavy atom. The first-order chi connectivity index (χ1) is 11.5. The number of hydrogen-bond acceptors (Lipinski definition) is 4. The SMILES string of the molecule is CN(C)c1cccc(C(=O)NNC(=O)CN2CCCCCC2=O)c1. The van der Waals surface area contributed by atoms with Crippen LogP contribution < -0.4 is 15.8 Å². The molecule has 1 fully saturated rings. The van der Waals surface area contributed by atoms with E-state index in [4.69, 9.17) is 0 Å². The third kappa shape index (κ3) is 4.97. The molecule has 130 valence electrons. The molecule has 7 nitrogen and oxygen atoms in total. The van der Waals surface area contributed by atoms with E-state index < -0.39 is 11.8 Å². The maximum atomic E-state index is 12.1. The summed E-state index contributed by atoms with van der Waals surface area (Å²) >= 11 is 0. The predicted octanol–water partition coefficient (Wildman–Crippen LogP) is 0.916. The molecule has 0 aromatic heterocycles. The van der Waals surface area contributed by atoms with E-state index in [9.17, 15) is 14.4 Å². The van der Waals surface area contributed by atoms with Crippen molar-refractivity contribution >= 4 is 23.4 Å². The highest BCUT2D eigenvalue weighted by molar-refractivity contribution is 5.96. The first-order valence-corrected chi connectivity index (χ1v) is 8.11. The number of hydrazine groups is 1. The van der Waals surface area contributed by atoms with Crippen molar-refractivity contribution in [2.24, 2.45) is 0 Å². The lowest BCUT2D eigenvalue weighted by molar-refractivity contribution is -0.135. The predicted molar refractivity (Wildman–Crippen MR) is 91.4 cm³/mol. The van der Waals surface area contributed by atoms with Crippen molar-refractivity contribution in [1.29, 1.82) is 0 Å². The molecule has 2 N–H and O–H groups in total. The lowest BCUT2D eigenvalue weighted by Crippen LogP contribution is -2.47. The second-order valence-electron chi connectivity index (χ2n) is 6.07. The van der Waals surface area contributed by atoms with Crippen molar-refractivity contribution in [3.05, 3.63) is 29.8 Å². The molecule has 1 aliphatic heterocycles. The molecule has 0 atom stereocenters. The fourth-order valence-electron chi connectivity index (χ4n) is 2.54. The topological polar surface area (TPSA) is 81.8 Å². The smallest absolute Gasteiger partial charge is 0.269 e. The number of nitrogens with zero attached hydrogens (tertiary/aromatic N) is 2. The molecule has 1 aromatic rings. The second kappa shape index (κ2) is 8.33. The van der Waals surface area contributed by atoms with Gasteiger partial charge in [0.05, 0.1) is 0 Å². The molecule has 2 rings (SSSR count). The number of nitrogens with one attached hydrogen (secondary N) is 2. The summed E-state index contributed by atoms with van der Waals surface area (Å²) < 4.78 is 0. The van der Waals surface area contributed by atoms with E-state index in [1.807, 2.05) is 25.1 Å². The molecule has 0 aliphatic carbocycles. The molecular weight excluding hydrogens is 308 g/mol. The second-order valence-corrected chi connectivity index (χ2v) is 6.07. The Hall–Kier alpha value is -2.57. The fraction of sp³-hybridized carbons (Fsp3) is 0.471. The minimum absolute atomic E-state index is 0.00680. The quantitative estimate of drug-likeness (QED) is 0.803. The Bertz CT molecular complexity index is 616. The van der Waals surface area contributed by atoms with Crippen molar-refractivity contribution in [2.75, 3.05) is 32.1 Å². The Labute approximate surface area is 142 Å². The maximum Gasteiger partial charge on any atom is 0.269 e. The molecule has 1 aliphatic rings. The van der Waals surface area contributed by atoms with Gasteiger partial charge in [-0.1, -0.05) is 12.5 Å². The summed E-state index contributed by atoms with van der Waals surface area (Å²) in [7, 11) is 3.77. The summed E-state index contributed by atoms with van der Waals surface area (Å²) in [6.07, 6.45) is 3.26. The molecule has 0 bridgehead atoms. The lowest BCUT2D eigenvalue weighted by atomic mass is 10.2. The molecule has 0 unspecified atom stereocenters. The van der Waals surface area contributed by atoms with Crippen LogP contribution >= 0.6 is 0 Å². The first-order valence-electron chi connectivity index (χ1n) is 8.11. The van der Waals surface area contributed by atoms with Gasteiger partial charge in [0, 0.05) is 38.3 Å². The minimum Gasteiger partial charge on any atom is -0.378 e. The fourth-order valence-corrected chi connectivity index (χ4v) is 2.54.